The highest BCUT2D eigenvalue weighted by atomic mass is 31.2. The first-order valence-electron chi connectivity index (χ1n) is 11.6. The number of benzene rings is 2. The average molecular weight is 555 g/mol. The highest BCUT2D eigenvalue weighted by Crippen LogP contribution is 2.41. The fraction of sp³-hybridized carbons (Fsp3) is 0.154. The number of hydrogen-bond acceptors (Lipinski definition) is 8. The standard InChI is InChI=1S/C26H24F2N5O5P/c1-4-37-20-11-12-33(17-8-5-15(27)6-9-17)26(35)21(20)24(34)32-16-7-10-19(18(28)13-16)38-25-22(39(2,3)36)23(29)30-14-31-25/h5-14H,4H2,1-3H3,(H,32,34)(H2,29,30,31). The lowest BCUT2D eigenvalue weighted by atomic mass is 10.2. The second kappa shape index (κ2) is 11.0. The fourth-order valence-corrected chi connectivity index (χ4v) is 4.90. The number of carbonyl (C=O) groups excluding carboxylic acids is 1. The molecule has 0 radical (unpaired) electrons. The lowest BCUT2D eigenvalue weighted by molar-refractivity contribution is 0.102. The first kappa shape index (κ1) is 27.5. The Balaban J connectivity index is 1.64. The molecular formula is C26H24F2N5O5P. The minimum absolute atomic E-state index is 0.0166. The van der Waals surface area contributed by atoms with E-state index in [1.807, 2.05) is 0 Å². The number of pyridine rings is 1. The zero-order valence-corrected chi connectivity index (χ0v) is 22.0. The van der Waals surface area contributed by atoms with Crippen LogP contribution >= 0.6 is 7.14 Å². The number of nitrogens with two attached hydrogens (primary N) is 1. The van der Waals surface area contributed by atoms with Crippen LogP contribution in [-0.2, 0) is 4.57 Å². The molecule has 0 unspecified atom stereocenters. The van der Waals surface area contributed by atoms with Crippen LogP contribution in [0.25, 0.3) is 5.69 Å². The fourth-order valence-electron chi connectivity index (χ4n) is 3.72. The van der Waals surface area contributed by atoms with Crippen LogP contribution < -0.4 is 31.4 Å². The topological polar surface area (TPSA) is 138 Å². The van der Waals surface area contributed by atoms with Crippen LogP contribution in [0, 0.1) is 11.6 Å². The van der Waals surface area contributed by atoms with E-state index in [9.17, 15) is 22.9 Å². The van der Waals surface area contributed by atoms with E-state index >= 15 is 0 Å². The van der Waals surface area contributed by atoms with E-state index in [4.69, 9.17) is 15.2 Å². The molecule has 39 heavy (non-hydrogen) atoms. The zero-order chi connectivity index (χ0) is 28.3. The summed E-state index contributed by atoms with van der Waals surface area (Å²) < 4.78 is 53.1. The Morgan fingerprint density at radius 2 is 1.79 bits per heavy atom. The number of carbonyl (C=O) groups is 1. The molecule has 0 fully saturated rings. The highest BCUT2D eigenvalue weighted by Gasteiger charge is 2.25. The van der Waals surface area contributed by atoms with Crippen LogP contribution in [0.1, 0.15) is 17.3 Å². The molecule has 2 aromatic carbocycles. The van der Waals surface area contributed by atoms with Gasteiger partial charge >= 0.3 is 0 Å². The maximum atomic E-state index is 15.0. The predicted molar refractivity (Wildman–Crippen MR) is 143 cm³/mol. The van der Waals surface area contributed by atoms with Crippen LogP contribution in [0.4, 0.5) is 20.3 Å². The minimum Gasteiger partial charge on any atom is -0.493 e. The number of amides is 1. The third-order valence-corrected chi connectivity index (χ3v) is 6.94. The summed E-state index contributed by atoms with van der Waals surface area (Å²) in [5.41, 5.74) is 5.14. The van der Waals surface area contributed by atoms with E-state index in [-0.39, 0.29) is 46.4 Å². The van der Waals surface area contributed by atoms with Gasteiger partial charge in [0.2, 0.25) is 5.88 Å². The Kier molecular flexibility index (Phi) is 7.78. The molecule has 0 aliphatic heterocycles. The first-order chi connectivity index (χ1) is 18.5. The van der Waals surface area contributed by atoms with Gasteiger partial charge in [0.1, 0.15) is 41.7 Å². The van der Waals surface area contributed by atoms with Gasteiger partial charge in [-0.15, -0.1) is 0 Å². The van der Waals surface area contributed by atoms with Gasteiger partial charge in [-0.05, 0) is 62.7 Å². The molecule has 0 bridgehead atoms. The molecule has 3 N–H and O–H groups in total. The maximum Gasteiger partial charge on any atom is 0.271 e. The van der Waals surface area contributed by atoms with Crippen molar-refractivity contribution in [2.24, 2.45) is 0 Å². The van der Waals surface area contributed by atoms with Gasteiger partial charge in [-0.25, -0.2) is 18.7 Å². The van der Waals surface area contributed by atoms with Crippen LogP contribution in [-0.4, -0.2) is 40.4 Å². The summed E-state index contributed by atoms with van der Waals surface area (Å²) in [5.74, 6) is -2.65. The third kappa shape index (κ3) is 5.96. The quantitative estimate of drug-likeness (QED) is 0.309. The van der Waals surface area contributed by atoms with Gasteiger partial charge in [0, 0.05) is 23.6 Å². The number of rotatable bonds is 8. The van der Waals surface area contributed by atoms with Crippen molar-refractivity contribution in [3.8, 4) is 23.1 Å². The molecule has 4 rings (SSSR count). The molecule has 0 saturated heterocycles. The van der Waals surface area contributed by atoms with Crippen molar-refractivity contribution in [2.75, 3.05) is 31.0 Å². The summed E-state index contributed by atoms with van der Waals surface area (Å²) >= 11 is 0. The van der Waals surface area contributed by atoms with E-state index < -0.39 is 30.2 Å². The van der Waals surface area contributed by atoms with Crippen LogP contribution in [0.2, 0.25) is 0 Å². The molecule has 2 heterocycles. The monoisotopic (exact) mass is 555 g/mol. The van der Waals surface area contributed by atoms with Crippen molar-refractivity contribution < 1.29 is 27.6 Å². The zero-order valence-electron chi connectivity index (χ0n) is 21.1. The number of hydrogen-bond donors (Lipinski definition) is 2. The van der Waals surface area contributed by atoms with Crippen molar-refractivity contribution in [3.63, 3.8) is 0 Å². The molecule has 0 aliphatic carbocycles. The minimum atomic E-state index is -2.97. The molecule has 0 saturated carbocycles. The van der Waals surface area contributed by atoms with Gasteiger partial charge in [0.15, 0.2) is 11.6 Å². The summed E-state index contributed by atoms with van der Waals surface area (Å²) in [4.78, 5) is 34.2. The molecule has 13 heteroatoms. The lowest BCUT2D eigenvalue weighted by Gasteiger charge is -2.15. The van der Waals surface area contributed by atoms with Gasteiger partial charge < -0.3 is 25.1 Å². The Bertz CT molecular complexity index is 1650. The predicted octanol–water partition coefficient (Wildman–Crippen LogP) is 4.18. The van der Waals surface area contributed by atoms with E-state index in [0.717, 1.165) is 12.4 Å². The SMILES string of the molecule is CCOc1ccn(-c2ccc(F)cc2)c(=O)c1C(=O)Nc1ccc(Oc2ncnc(N)c2P(C)(C)=O)c(F)c1. The number of nitrogens with zero attached hydrogens (tertiary/aromatic N) is 3. The van der Waals surface area contributed by atoms with Gasteiger partial charge in [-0.1, -0.05) is 0 Å². The van der Waals surface area contributed by atoms with Crippen molar-refractivity contribution in [2.45, 2.75) is 6.92 Å². The lowest BCUT2D eigenvalue weighted by Crippen LogP contribution is -2.29. The average Bonchev–Trinajstić information content (AvgIpc) is 2.86. The number of halogens is 2. The van der Waals surface area contributed by atoms with Crippen LogP contribution in [0.15, 0.2) is 65.8 Å². The number of nitrogen functional groups attached to an aromatic ring is 1. The van der Waals surface area contributed by atoms with Crippen molar-refractivity contribution in [1.82, 2.24) is 14.5 Å². The third-order valence-electron chi connectivity index (χ3n) is 5.44. The number of nitrogens with one attached hydrogen (secondary N) is 1. The van der Waals surface area contributed by atoms with Crippen molar-refractivity contribution in [1.29, 1.82) is 0 Å². The molecule has 202 valence electrons. The number of anilines is 2. The van der Waals surface area contributed by atoms with Crippen molar-refractivity contribution in [3.05, 3.63) is 88.6 Å². The van der Waals surface area contributed by atoms with Gasteiger partial charge in [-0.3, -0.25) is 14.2 Å². The Hall–Kier alpha value is -4.57. The van der Waals surface area contributed by atoms with E-state index in [1.54, 1.807) is 6.92 Å². The Morgan fingerprint density at radius 1 is 1.08 bits per heavy atom. The number of aromatic nitrogens is 3. The summed E-state index contributed by atoms with van der Waals surface area (Å²) in [6.07, 6.45) is 2.51. The van der Waals surface area contributed by atoms with Crippen LogP contribution in [0.3, 0.4) is 0 Å². The molecule has 2 aromatic heterocycles. The molecule has 1 amide bonds. The summed E-state index contributed by atoms with van der Waals surface area (Å²) in [5, 5.41) is 2.56. The molecular weight excluding hydrogens is 531 g/mol. The molecule has 0 aliphatic rings. The van der Waals surface area contributed by atoms with Gasteiger partial charge in [-0.2, -0.15) is 0 Å². The first-order valence-corrected chi connectivity index (χ1v) is 14.2. The maximum absolute atomic E-state index is 15.0. The summed E-state index contributed by atoms with van der Waals surface area (Å²) in [6.45, 7) is 4.77. The second-order valence-electron chi connectivity index (χ2n) is 8.60. The summed E-state index contributed by atoms with van der Waals surface area (Å²) in [6, 6.07) is 10.1. The van der Waals surface area contributed by atoms with Gasteiger partial charge in [0.25, 0.3) is 11.5 Å². The Morgan fingerprint density at radius 3 is 2.44 bits per heavy atom. The second-order valence-corrected chi connectivity index (χ2v) is 11.8. The molecule has 10 nitrogen and oxygen atoms in total. The van der Waals surface area contributed by atoms with Crippen LogP contribution in [0.5, 0.6) is 17.4 Å². The molecule has 0 spiro atoms. The largest absolute Gasteiger partial charge is 0.493 e. The molecule has 4 aromatic rings. The number of ether oxygens (including phenoxy) is 2. The Labute approximate surface area is 221 Å². The normalized spacial score (nSPS) is 11.2. The van der Waals surface area contributed by atoms with E-state index in [2.05, 4.69) is 15.3 Å². The van der Waals surface area contributed by atoms with E-state index in [0.29, 0.717) is 5.69 Å². The summed E-state index contributed by atoms with van der Waals surface area (Å²) in [7, 11) is -2.97. The van der Waals surface area contributed by atoms with Crippen molar-refractivity contribution >= 4 is 29.9 Å². The van der Waals surface area contributed by atoms with Gasteiger partial charge in [0.05, 0.1) is 6.61 Å². The van der Waals surface area contributed by atoms with E-state index in [1.165, 1.54) is 66.6 Å². The smallest absolute Gasteiger partial charge is 0.271 e. The highest BCUT2D eigenvalue weighted by molar-refractivity contribution is 7.70. The molecule has 0 atom stereocenters.